The number of rotatable bonds is 4. The topological polar surface area (TPSA) is 103 Å². The summed E-state index contributed by atoms with van der Waals surface area (Å²) < 4.78 is 5.65. The summed E-state index contributed by atoms with van der Waals surface area (Å²) in [5.41, 5.74) is 4.85. The number of nitrogens with zero attached hydrogens (tertiary/aromatic N) is 3. The maximum atomic E-state index is 9.10. The van der Waals surface area contributed by atoms with E-state index in [0.717, 1.165) is 62.8 Å². The minimum atomic E-state index is -1.82. The van der Waals surface area contributed by atoms with Gasteiger partial charge in [0.2, 0.25) is 0 Å². The molecule has 2 aromatic carbocycles. The lowest BCUT2D eigenvalue weighted by Gasteiger charge is -2.35. The lowest BCUT2D eigenvalue weighted by atomic mass is 9.88. The zero-order valence-corrected chi connectivity index (χ0v) is 20.6. The lowest BCUT2D eigenvalue weighted by Crippen LogP contribution is -2.46. The third kappa shape index (κ3) is 5.33. The Kier molecular flexibility index (Phi) is 7.85. The smallest absolute Gasteiger partial charge is 0.414 e. The van der Waals surface area contributed by atoms with Gasteiger partial charge < -0.3 is 24.7 Å². The number of piperazine rings is 1. The number of carbonyl (C=O) groups is 2. The molecule has 1 saturated heterocycles. The Morgan fingerprint density at radius 3 is 2.39 bits per heavy atom. The number of pyridine rings is 1. The van der Waals surface area contributed by atoms with E-state index >= 15 is 0 Å². The van der Waals surface area contributed by atoms with Crippen LogP contribution in [0.25, 0.3) is 16.3 Å². The first-order chi connectivity index (χ1) is 17.4. The number of benzene rings is 2. The second-order valence-electron chi connectivity index (χ2n) is 8.73. The van der Waals surface area contributed by atoms with Crippen LogP contribution in [0.4, 0.5) is 5.82 Å². The molecule has 2 aliphatic rings. The molecular weight excluding hydrogens is 458 g/mol. The molecule has 36 heavy (non-hydrogen) atoms. The molecule has 0 atom stereocenters. The first-order valence-electron chi connectivity index (χ1n) is 12.1. The number of allylic oxidation sites excluding steroid dienone is 1. The van der Waals surface area contributed by atoms with Crippen molar-refractivity contribution < 1.29 is 24.5 Å². The number of methoxy groups -OCH3 is 1. The van der Waals surface area contributed by atoms with Crippen molar-refractivity contribution >= 4 is 34.1 Å². The number of hydrogen-bond acceptors (Lipinski definition) is 6. The van der Waals surface area contributed by atoms with Gasteiger partial charge in [-0.1, -0.05) is 49.4 Å². The minimum absolute atomic E-state index is 0.981. The van der Waals surface area contributed by atoms with Crippen molar-refractivity contribution in [3.8, 4) is 5.75 Å². The number of likely N-dealkylation sites (N-methyl/N-ethyl adjacent to an activating group) is 1. The van der Waals surface area contributed by atoms with Crippen LogP contribution < -0.4 is 9.64 Å². The molecular formula is C28H31N3O5. The zero-order chi connectivity index (χ0) is 25.7. The van der Waals surface area contributed by atoms with Gasteiger partial charge in [-0.2, -0.15) is 0 Å². The molecule has 8 heteroatoms. The number of anilines is 1. The molecule has 5 rings (SSSR count). The quantitative estimate of drug-likeness (QED) is 0.532. The van der Waals surface area contributed by atoms with E-state index in [4.69, 9.17) is 29.5 Å². The number of aliphatic carboxylic acids is 2. The number of hydrogen-bond donors (Lipinski definition) is 2. The molecule has 1 aliphatic carbocycles. The van der Waals surface area contributed by atoms with E-state index in [0.29, 0.717) is 0 Å². The minimum Gasteiger partial charge on any atom is -0.496 e. The Morgan fingerprint density at radius 1 is 1.00 bits per heavy atom. The Balaban J connectivity index is 0.000000455. The summed E-state index contributed by atoms with van der Waals surface area (Å²) in [5, 5.41) is 17.3. The van der Waals surface area contributed by atoms with Crippen LogP contribution in [-0.4, -0.2) is 71.9 Å². The van der Waals surface area contributed by atoms with E-state index in [9.17, 15) is 0 Å². The van der Waals surface area contributed by atoms with E-state index in [2.05, 4.69) is 71.3 Å². The molecule has 0 radical (unpaired) electrons. The average molecular weight is 490 g/mol. The molecule has 2 N–H and O–H groups in total. The van der Waals surface area contributed by atoms with Gasteiger partial charge in [-0.05, 0) is 42.5 Å². The molecule has 1 aromatic heterocycles. The van der Waals surface area contributed by atoms with Crippen LogP contribution in [0.2, 0.25) is 0 Å². The van der Waals surface area contributed by atoms with Crippen molar-refractivity contribution in [2.45, 2.75) is 19.8 Å². The van der Waals surface area contributed by atoms with Gasteiger partial charge in [-0.25, -0.2) is 14.6 Å². The molecule has 0 bridgehead atoms. The van der Waals surface area contributed by atoms with Crippen molar-refractivity contribution in [1.29, 1.82) is 0 Å². The Labute approximate surface area is 210 Å². The van der Waals surface area contributed by atoms with Crippen LogP contribution in [0.15, 0.2) is 54.6 Å². The molecule has 0 saturated carbocycles. The number of carboxylic acids is 2. The van der Waals surface area contributed by atoms with Crippen LogP contribution >= 0.6 is 0 Å². The van der Waals surface area contributed by atoms with Gasteiger partial charge in [0.05, 0.1) is 12.8 Å². The molecule has 0 spiro atoms. The predicted octanol–water partition coefficient (Wildman–Crippen LogP) is 3.92. The average Bonchev–Trinajstić information content (AvgIpc) is 2.92. The normalized spacial score (nSPS) is 15.4. The lowest BCUT2D eigenvalue weighted by molar-refractivity contribution is -0.159. The van der Waals surface area contributed by atoms with Gasteiger partial charge in [0, 0.05) is 42.7 Å². The highest BCUT2D eigenvalue weighted by Gasteiger charge is 2.23. The van der Waals surface area contributed by atoms with E-state index in [1.54, 1.807) is 7.11 Å². The summed E-state index contributed by atoms with van der Waals surface area (Å²) in [6, 6.07) is 17.3. The molecule has 0 amide bonds. The molecule has 188 valence electrons. The Hall–Kier alpha value is -3.91. The van der Waals surface area contributed by atoms with Crippen molar-refractivity contribution in [2.75, 3.05) is 44.7 Å². The molecule has 1 fully saturated rings. The first kappa shape index (κ1) is 25.2. The van der Waals surface area contributed by atoms with Crippen LogP contribution in [-0.2, 0) is 16.0 Å². The molecule has 2 heterocycles. The Bertz CT molecular complexity index is 1280. The van der Waals surface area contributed by atoms with E-state index < -0.39 is 11.9 Å². The highest BCUT2D eigenvalue weighted by Crippen LogP contribution is 2.38. The van der Waals surface area contributed by atoms with Crippen molar-refractivity contribution in [2.24, 2.45) is 0 Å². The molecule has 8 nitrogen and oxygen atoms in total. The SMILES string of the molecule is CCN1CCN(c2nc(C3=CCCc4c(OC)cccc43)cc3ccccc23)CC1.O=C(O)C(=O)O. The number of ether oxygens (including phenoxy) is 1. The van der Waals surface area contributed by atoms with Crippen LogP contribution in [0, 0.1) is 0 Å². The summed E-state index contributed by atoms with van der Waals surface area (Å²) >= 11 is 0. The van der Waals surface area contributed by atoms with Gasteiger partial charge in [0.15, 0.2) is 0 Å². The molecule has 0 unspecified atom stereocenters. The molecule has 3 aromatic rings. The monoisotopic (exact) mass is 489 g/mol. The fraction of sp³-hybridized carbons (Fsp3) is 0.321. The zero-order valence-electron chi connectivity index (χ0n) is 20.6. The van der Waals surface area contributed by atoms with Crippen LogP contribution in [0.1, 0.15) is 30.2 Å². The third-order valence-corrected chi connectivity index (χ3v) is 6.68. The number of fused-ring (bicyclic) bond motifs is 2. The maximum Gasteiger partial charge on any atom is 0.414 e. The van der Waals surface area contributed by atoms with Gasteiger partial charge >= 0.3 is 11.9 Å². The fourth-order valence-electron chi connectivity index (χ4n) is 4.82. The van der Waals surface area contributed by atoms with Crippen molar-refractivity contribution in [3.63, 3.8) is 0 Å². The maximum absolute atomic E-state index is 9.10. The van der Waals surface area contributed by atoms with Crippen LogP contribution in [0.3, 0.4) is 0 Å². The predicted molar refractivity (Wildman–Crippen MR) is 140 cm³/mol. The summed E-state index contributed by atoms with van der Waals surface area (Å²) in [4.78, 5) is 28.4. The summed E-state index contributed by atoms with van der Waals surface area (Å²) in [7, 11) is 1.76. The van der Waals surface area contributed by atoms with Crippen LogP contribution in [0.5, 0.6) is 5.75 Å². The van der Waals surface area contributed by atoms with Crippen molar-refractivity contribution in [3.05, 3.63) is 71.4 Å². The second-order valence-corrected chi connectivity index (χ2v) is 8.73. The fourth-order valence-corrected chi connectivity index (χ4v) is 4.82. The standard InChI is InChI=1S/C26H29N3O.C2H2O4/c1-3-28-14-16-29(17-15-28)26-20-9-5-4-8-19(20)18-24(27-26)22-11-6-12-23-21(22)10-7-13-25(23)30-2;3-1(4)2(5)6/h4-5,7-11,13,18H,3,6,12,14-17H2,1-2H3;(H,3,4)(H,5,6). The largest absolute Gasteiger partial charge is 0.496 e. The van der Waals surface area contributed by atoms with Gasteiger partial charge in [0.1, 0.15) is 11.6 Å². The van der Waals surface area contributed by atoms with E-state index in [1.807, 2.05) is 0 Å². The van der Waals surface area contributed by atoms with E-state index in [1.165, 1.54) is 27.5 Å². The summed E-state index contributed by atoms with van der Waals surface area (Å²) in [5.74, 6) is -1.55. The highest BCUT2D eigenvalue weighted by molar-refractivity contribution is 6.27. The van der Waals surface area contributed by atoms with Gasteiger partial charge in [-0.3, -0.25) is 0 Å². The second kappa shape index (κ2) is 11.2. The highest BCUT2D eigenvalue weighted by atomic mass is 16.5. The van der Waals surface area contributed by atoms with Gasteiger partial charge in [-0.15, -0.1) is 0 Å². The Morgan fingerprint density at radius 2 is 1.72 bits per heavy atom. The number of carboxylic acid groups (broad SMARTS) is 2. The molecule has 1 aliphatic heterocycles. The van der Waals surface area contributed by atoms with E-state index in [-0.39, 0.29) is 0 Å². The first-order valence-corrected chi connectivity index (χ1v) is 12.1. The van der Waals surface area contributed by atoms with Gasteiger partial charge in [0.25, 0.3) is 0 Å². The van der Waals surface area contributed by atoms with Crippen molar-refractivity contribution in [1.82, 2.24) is 9.88 Å². The summed E-state index contributed by atoms with van der Waals surface area (Å²) in [6.07, 6.45) is 4.38. The third-order valence-electron chi connectivity index (χ3n) is 6.68. The summed E-state index contributed by atoms with van der Waals surface area (Å²) in [6.45, 7) is 7.60. The number of aromatic nitrogens is 1.